The number of amides is 2. The topological polar surface area (TPSA) is 35.6 Å². The van der Waals surface area contributed by atoms with Gasteiger partial charge in [-0.2, -0.15) is 0 Å². The molecule has 1 atom stereocenters. The molecule has 0 aromatic heterocycles. The van der Waals surface area contributed by atoms with Gasteiger partial charge in [-0.3, -0.25) is 4.90 Å². The molecule has 23 heavy (non-hydrogen) atoms. The number of alkyl halides is 2. The molecule has 1 N–H and O–H groups in total. The molecule has 6 heteroatoms. The fourth-order valence-corrected chi connectivity index (χ4v) is 3.22. The van der Waals surface area contributed by atoms with Crippen molar-refractivity contribution in [2.24, 2.45) is 0 Å². The summed E-state index contributed by atoms with van der Waals surface area (Å²) in [5.74, 6) is 0. The van der Waals surface area contributed by atoms with Gasteiger partial charge >= 0.3 is 6.03 Å². The molecule has 3 rings (SSSR count). The number of piperazine rings is 1. The van der Waals surface area contributed by atoms with Crippen LogP contribution in [0.15, 0.2) is 30.3 Å². The quantitative estimate of drug-likeness (QED) is 0.925. The number of carbonyl (C=O) groups is 1. The molecule has 126 valence electrons. The standard InChI is InChI=1S/C17H23F2N3O/c18-16(19)15(13-5-2-1-3-6-13)20-17(23)22-11-9-21(10-12-22)14-7-4-8-14/h1-3,5-6,14-16H,4,7-12H2,(H,20,23). The van der Waals surface area contributed by atoms with Crippen molar-refractivity contribution in [1.29, 1.82) is 0 Å². The number of rotatable bonds is 4. The van der Waals surface area contributed by atoms with Crippen molar-refractivity contribution in [2.45, 2.75) is 37.8 Å². The van der Waals surface area contributed by atoms with E-state index in [0.717, 1.165) is 13.1 Å². The second-order valence-corrected chi connectivity index (χ2v) is 6.28. The van der Waals surface area contributed by atoms with Gasteiger partial charge in [-0.05, 0) is 18.4 Å². The number of benzene rings is 1. The van der Waals surface area contributed by atoms with E-state index in [1.54, 1.807) is 35.2 Å². The summed E-state index contributed by atoms with van der Waals surface area (Å²) in [4.78, 5) is 16.4. The molecule has 2 fully saturated rings. The van der Waals surface area contributed by atoms with Gasteiger partial charge in [0.15, 0.2) is 0 Å². The second kappa shape index (κ2) is 7.25. The molecule has 1 saturated carbocycles. The number of hydrogen-bond donors (Lipinski definition) is 1. The summed E-state index contributed by atoms with van der Waals surface area (Å²) in [6.07, 6.45) is 1.15. The maximum absolute atomic E-state index is 13.3. The lowest BCUT2D eigenvalue weighted by molar-refractivity contribution is 0.0652. The van der Waals surface area contributed by atoms with Crippen LogP contribution in [0.5, 0.6) is 0 Å². The van der Waals surface area contributed by atoms with Crippen molar-refractivity contribution in [3.05, 3.63) is 35.9 Å². The Balaban J connectivity index is 1.55. The Hall–Kier alpha value is -1.69. The molecule has 2 amide bonds. The van der Waals surface area contributed by atoms with Crippen LogP contribution in [-0.4, -0.2) is 54.5 Å². The highest BCUT2D eigenvalue weighted by Crippen LogP contribution is 2.26. The molecule has 1 aliphatic heterocycles. The summed E-state index contributed by atoms with van der Waals surface area (Å²) in [5, 5.41) is 2.49. The largest absolute Gasteiger partial charge is 0.325 e. The Bertz CT molecular complexity index is 514. The van der Waals surface area contributed by atoms with Crippen LogP contribution in [0.25, 0.3) is 0 Å². The lowest BCUT2D eigenvalue weighted by Crippen LogP contribution is -2.56. The van der Waals surface area contributed by atoms with E-state index >= 15 is 0 Å². The highest BCUT2D eigenvalue weighted by molar-refractivity contribution is 5.75. The fourth-order valence-electron chi connectivity index (χ4n) is 3.22. The molecule has 1 saturated heterocycles. The lowest BCUT2D eigenvalue weighted by atomic mass is 9.91. The van der Waals surface area contributed by atoms with Crippen LogP contribution in [0.4, 0.5) is 13.6 Å². The predicted molar refractivity (Wildman–Crippen MR) is 84.5 cm³/mol. The van der Waals surface area contributed by atoms with Crippen molar-refractivity contribution in [1.82, 2.24) is 15.1 Å². The van der Waals surface area contributed by atoms with Crippen molar-refractivity contribution in [3.63, 3.8) is 0 Å². The SMILES string of the molecule is O=C(NC(c1ccccc1)C(F)F)N1CCN(C2CCC2)CC1. The van der Waals surface area contributed by atoms with Crippen molar-refractivity contribution < 1.29 is 13.6 Å². The zero-order chi connectivity index (χ0) is 16.2. The molecule has 1 unspecified atom stereocenters. The second-order valence-electron chi connectivity index (χ2n) is 6.28. The third kappa shape index (κ3) is 3.80. The summed E-state index contributed by atoms with van der Waals surface area (Å²) in [5.41, 5.74) is 0.434. The zero-order valence-electron chi connectivity index (χ0n) is 13.1. The van der Waals surface area contributed by atoms with Crippen molar-refractivity contribution in [3.8, 4) is 0 Å². The third-order valence-electron chi connectivity index (χ3n) is 4.88. The minimum atomic E-state index is -2.63. The van der Waals surface area contributed by atoms with Crippen molar-refractivity contribution >= 4 is 6.03 Å². The Morgan fingerprint density at radius 1 is 1.09 bits per heavy atom. The number of hydrogen-bond acceptors (Lipinski definition) is 2. The van der Waals surface area contributed by atoms with Gasteiger partial charge in [0.05, 0.1) is 0 Å². The first kappa shape index (κ1) is 16.2. The first-order valence-corrected chi connectivity index (χ1v) is 8.28. The lowest BCUT2D eigenvalue weighted by Gasteiger charge is -2.43. The number of nitrogens with one attached hydrogen (secondary N) is 1. The van der Waals surface area contributed by atoms with Crippen LogP contribution in [0.2, 0.25) is 0 Å². The highest BCUT2D eigenvalue weighted by Gasteiger charge is 2.31. The molecule has 1 aromatic rings. The van der Waals surface area contributed by atoms with Crippen LogP contribution < -0.4 is 5.32 Å². The average Bonchev–Trinajstić information content (AvgIpc) is 2.52. The molecule has 1 heterocycles. The Morgan fingerprint density at radius 2 is 1.74 bits per heavy atom. The van der Waals surface area contributed by atoms with E-state index in [9.17, 15) is 13.6 Å². The van der Waals surface area contributed by atoms with Gasteiger partial charge in [0.25, 0.3) is 6.43 Å². The summed E-state index contributed by atoms with van der Waals surface area (Å²) in [6, 6.07) is 7.42. The van der Waals surface area contributed by atoms with E-state index in [0.29, 0.717) is 24.7 Å². The van der Waals surface area contributed by atoms with Gasteiger partial charge in [-0.15, -0.1) is 0 Å². The fraction of sp³-hybridized carbons (Fsp3) is 0.588. The van der Waals surface area contributed by atoms with E-state index in [1.807, 2.05) is 0 Å². The summed E-state index contributed by atoms with van der Waals surface area (Å²) in [6.45, 7) is 2.88. The summed E-state index contributed by atoms with van der Waals surface area (Å²) >= 11 is 0. The van der Waals surface area contributed by atoms with Gasteiger partial charge < -0.3 is 10.2 Å². The molecule has 4 nitrogen and oxygen atoms in total. The minimum absolute atomic E-state index is 0.396. The predicted octanol–water partition coefficient (Wildman–Crippen LogP) is 2.87. The summed E-state index contributed by atoms with van der Waals surface area (Å²) in [7, 11) is 0. The van der Waals surface area contributed by atoms with Crippen LogP contribution in [0, 0.1) is 0 Å². The van der Waals surface area contributed by atoms with Crippen LogP contribution >= 0.6 is 0 Å². The van der Waals surface area contributed by atoms with Gasteiger partial charge in [0, 0.05) is 32.2 Å². The van der Waals surface area contributed by atoms with Gasteiger partial charge in [0.2, 0.25) is 0 Å². The first-order chi connectivity index (χ1) is 11.1. The molecule has 1 aliphatic carbocycles. The van der Waals surface area contributed by atoms with Gasteiger partial charge in [0.1, 0.15) is 6.04 Å². The van der Waals surface area contributed by atoms with Crippen molar-refractivity contribution in [2.75, 3.05) is 26.2 Å². The molecule has 1 aromatic carbocycles. The number of carbonyl (C=O) groups excluding carboxylic acids is 1. The Labute approximate surface area is 135 Å². The van der Waals surface area contributed by atoms with E-state index in [4.69, 9.17) is 0 Å². The maximum Gasteiger partial charge on any atom is 0.318 e. The molecule has 0 spiro atoms. The number of urea groups is 1. The van der Waals surface area contributed by atoms with Crippen LogP contribution in [0.3, 0.4) is 0 Å². The van der Waals surface area contributed by atoms with E-state index in [2.05, 4.69) is 10.2 Å². The first-order valence-electron chi connectivity index (χ1n) is 8.28. The average molecular weight is 323 g/mol. The summed E-state index contributed by atoms with van der Waals surface area (Å²) < 4.78 is 26.6. The molecular weight excluding hydrogens is 300 g/mol. The normalized spacial score (nSPS) is 21.1. The van der Waals surface area contributed by atoms with Crippen LogP contribution in [0.1, 0.15) is 30.9 Å². The maximum atomic E-state index is 13.3. The van der Waals surface area contributed by atoms with E-state index < -0.39 is 18.5 Å². The smallest absolute Gasteiger partial charge is 0.318 e. The van der Waals surface area contributed by atoms with E-state index in [1.165, 1.54) is 19.3 Å². The van der Waals surface area contributed by atoms with Crippen LogP contribution in [-0.2, 0) is 0 Å². The third-order valence-corrected chi connectivity index (χ3v) is 4.88. The minimum Gasteiger partial charge on any atom is -0.325 e. The highest BCUT2D eigenvalue weighted by atomic mass is 19.3. The number of nitrogens with zero attached hydrogens (tertiary/aromatic N) is 2. The van der Waals surface area contributed by atoms with Gasteiger partial charge in [-0.1, -0.05) is 36.8 Å². The molecular formula is C17H23F2N3O. The Kier molecular flexibility index (Phi) is 5.10. The molecule has 2 aliphatic rings. The zero-order valence-corrected chi connectivity index (χ0v) is 13.1. The molecule has 0 radical (unpaired) electrons. The Morgan fingerprint density at radius 3 is 2.26 bits per heavy atom. The van der Waals surface area contributed by atoms with E-state index in [-0.39, 0.29) is 0 Å². The monoisotopic (exact) mass is 323 g/mol. The molecule has 0 bridgehead atoms. The van der Waals surface area contributed by atoms with Gasteiger partial charge in [-0.25, -0.2) is 13.6 Å². The number of halogens is 2.